The number of amides is 3. The summed E-state index contributed by atoms with van der Waals surface area (Å²) in [7, 11) is -1.07. The van der Waals surface area contributed by atoms with Crippen molar-refractivity contribution in [2.45, 2.75) is 113 Å². The minimum atomic E-state index is -2.71. The van der Waals surface area contributed by atoms with Gasteiger partial charge in [0.15, 0.2) is 0 Å². The molecule has 3 amide bonds. The first-order valence-corrected chi connectivity index (χ1v) is 23.1. The van der Waals surface area contributed by atoms with Crippen molar-refractivity contribution in [2.24, 2.45) is 22.7 Å². The van der Waals surface area contributed by atoms with Crippen LogP contribution in [0.2, 0.25) is 0 Å². The molecule has 0 radical (unpaired) electrons. The summed E-state index contributed by atoms with van der Waals surface area (Å²) in [5, 5.41) is 6.17. The number of methoxy groups -OCH3 is 1. The Morgan fingerprint density at radius 3 is 2.56 bits per heavy atom. The molecule has 8 atom stereocenters. The first-order chi connectivity index (χ1) is 28.5. The van der Waals surface area contributed by atoms with Gasteiger partial charge in [-0.1, -0.05) is 42.5 Å². The molecule has 59 heavy (non-hydrogen) atoms. The Hall–Kier alpha value is -4.80. The molecule has 5 fully saturated rings. The molecule has 3 heterocycles. The van der Waals surface area contributed by atoms with Crippen LogP contribution in [0, 0.1) is 17.8 Å². The number of nitrogens with zero attached hydrogens (tertiary/aromatic N) is 3. The molecule has 5 aliphatic carbocycles. The molecule has 0 spiro atoms. The van der Waals surface area contributed by atoms with Crippen molar-refractivity contribution >= 4 is 38.2 Å². The number of dihydropyridines is 1. The summed E-state index contributed by atoms with van der Waals surface area (Å²) < 4.78 is 29.9. The summed E-state index contributed by atoms with van der Waals surface area (Å²) in [4.78, 5) is 52.0. The van der Waals surface area contributed by atoms with Crippen molar-refractivity contribution in [3.63, 3.8) is 0 Å². The van der Waals surface area contributed by atoms with Gasteiger partial charge >= 0.3 is 0 Å². The molecular formula is C47H59N5O6S. The second-order valence-electron chi connectivity index (χ2n) is 17.4. The van der Waals surface area contributed by atoms with Gasteiger partial charge in [-0.15, -0.1) is 6.58 Å². The smallest absolute Gasteiger partial charge is 0.243 e. The SMILES string of the molecule is C=C=S(=O)(NC(=C1CC1)C1(NC(=O)[C@@H]2C[C@@H](OC3=CC(C4=CCCC=C4)=NC4C=C(OC)C=CC34)CN2C(=O)[C@@H](CC(=O)N2CCCCC2)C(=C)C)CC1C=C)C1CC1. The number of piperidine rings is 1. The van der Waals surface area contributed by atoms with Crippen LogP contribution in [0.4, 0.5) is 0 Å². The Kier molecular flexibility index (Phi) is 11.6. The maximum Gasteiger partial charge on any atom is 0.243 e. The number of rotatable bonds is 15. The monoisotopic (exact) mass is 821 g/mol. The Labute approximate surface area is 349 Å². The first-order valence-electron chi connectivity index (χ1n) is 21.5. The fraction of sp³-hybridized carbons (Fsp3) is 0.532. The predicted octanol–water partition coefficient (Wildman–Crippen LogP) is 5.91. The van der Waals surface area contributed by atoms with Crippen molar-refractivity contribution < 1.29 is 28.1 Å². The van der Waals surface area contributed by atoms with E-state index in [1.54, 1.807) is 18.9 Å². The maximum absolute atomic E-state index is 14.9. The van der Waals surface area contributed by atoms with E-state index in [9.17, 15) is 18.6 Å². The molecule has 8 aliphatic rings. The van der Waals surface area contributed by atoms with Gasteiger partial charge in [-0.05, 0) is 106 Å². The van der Waals surface area contributed by atoms with Crippen molar-refractivity contribution in [1.29, 1.82) is 0 Å². The molecule has 314 valence electrons. The van der Waals surface area contributed by atoms with Crippen LogP contribution in [0.1, 0.15) is 84.0 Å². The molecule has 2 saturated heterocycles. The molecular weight excluding hydrogens is 763 g/mol. The molecule has 5 unspecified atom stereocenters. The Morgan fingerprint density at radius 2 is 1.93 bits per heavy atom. The largest absolute Gasteiger partial charge is 0.497 e. The highest BCUT2D eigenvalue weighted by atomic mass is 32.2. The van der Waals surface area contributed by atoms with Crippen LogP contribution in [0.3, 0.4) is 0 Å². The van der Waals surface area contributed by atoms with E-state index in [2.05, 4.69) is 53.0 Å². The number of aliphatic imine (C=N–C) groups is 1. The normalized spacial score (nSPS) is 30.8. The number of hydrogen-bond donors (Lipinski definition) is 2. The fourth-order valence-corrected chi connectivity index (χ4v) is 11.2. The standard InChI is InChI=1S/C47H59N5O6S/c1-6-33-28-47(33,44(32-16-17-32)50-59(56,7-2)36-19-20-36)49-45(54)41-25-35(29-52(41)46(55)38(30(3)4)26-43(53)51-22-12-9-13-23-51)58-42-27-39(31-14-10-8-11-15-31)48-40-24-34(57-5)18-21-37(40)42/h6,10,14-15,18,21,24,27,33,35-38,40-41H,1-3,8-9,11-13,16-17,19-20,22-23,25-26,28-29H2,4-5H3,(H,49,54)(H,50,56)/t33?,35-,37?,38+,40?,41+,47?,59?/m1/s1. The van der Waals surface area contributed by atoms with E-state index in [1.807, 2.05) is 35.3 Å². The topological polar surface area (TPSA) is 130 Å². The molecule has 2 N–H and O–H groups in total. The van der Waals surface area contributed by atoms with Crippen LogP contribution in [-0.4, -0.2) is 98.2 Å². The lowest BCUT2D eigenvalue weighted by atomic mass is 9.88. The average Bonchev–Trinajstić information content (AvgIpc) is 4.16. The molecule has 0 aromatic rings. The van der Waals surface area contributed by atoms with Crippen LogP contribution in [0.15, 0.2) is 107 Å². The lowest BCUT2D eigenvalue weighted by Crippen LogP contribution is -2.54. The van der Waals surface area contributed by atoms with Crippen LogP contribution in [0.25, 0.3) is 0 Å². The summed E-state index contributed by atoms with van der Waals surface area (Å²) in [6, 6.07) is -1.15. The number of ether oxygens (including phenoxy) is 2. The van der Waals surface area contributed by atoms with E-state index < -0.39 is 33.3 Å². The predicted molar refractivity (Wildman–Crippen MR) is 232 cm³/mol. The van der Waals surface area contributed by atoms with Gasteiger partial charge < -0.3 is 29.3 Å². The van der Waals surface area contributed by atoms with Gasteiger partial charge in [0.25, 0.3) is 0 Å². The highest BCUT2D eigenvalue weighted by Gasteiger charge is 2.60. The molecule has 0 bridgehead atoms. The summed E-state index contributed by atoms with van der Waals surface area (Å²) in [6.07, 6.45) is 24.8. The summed E-state index contributed by atoms with van der Waals surface area (Å²) >= 11 is 0. The molecule has 0 aromatic heterocycles. The molecule has 8 rings (SSSR count). The Balaban J connectivity index is 1.10. The third-order valence-corrected chi connectivity index (χ3v) is 15.5. The van der Waals surface area contributed by atoms with Gasteiger partial charge in [0.05, 0.1) is 57.7 Å². The summed E-state index contributed by atoms with van der Waals surface area (Å²) in [6.45, 7) is 15.4. The van der Waals surface area contributed by atoms with Gasteiger partial charge in [-0.2, -0.15) is 0 Å². The van der Waals surface area contributed by atoms with Crippen molar-refractivity contribution in [2.75, 3.05) is 26.7 Å². The highest BCUT2D eigenvalue weighted by molar-refractivity contribution is 8.00. The lowest BCUT2D eigenvalue weighted by Gasteiger charge is -2.32. The van der Waals surface area contributed by atoms with Gasteiger partial charge in [-0.25, -0.2) is 4.21 Å². The van der Waals surface area contributed by atoms with Crippen LogP contribution in [-0.2, 0) is 33.6 Å². The number of likely N-dealkylation sites (tertiary alicyclic amines) is 2. The van der Waals surface area contributed by atoms with E-state index in [1.165, 1.54) is 0 Å². The van der Waals surface area contributed by atoms with Crippen molar-refractivity contribution in [1.82, 2.24) is 19.8 Å². The van der Waals surface area contributed by atoms with E-state index in [-0.39, 0.29) is 60.2 Å². The number of allylic oxidation sites excluding steroid dienone is 7. The summed E-state index contributed by atoms with van der Waals surface area (Å²) in [5.74, 6) is -0.350. The quantitative estimate of drug-likeness (QED) is 0.156. The third kappa shape index (κ3) is 8.49. The lowest BCUT2D eigenvalue weighted by molar-refractivity contribution is -0.144. The second-order valence-corrected chi connectivity index (χ2v) is 19.8. The van der Waals surface area contributed by atoms with Gasteiger partial charge in [-0.3, -0.25) is 19.4 Å². The fourth-order valence-electron chi connectivity index (χ4n) is 9.30. The number of carbonyl (C=O) groups is 3. The Morgan fingerprint density at radius 1 is 1.15 bits per heavy atom. The Bertz CT molecular complexity index is 2160. The molecule has 3 saturated carbocycles. The van der Waals surface area contributed by atoms with Crippen molar-refractivity contribution in [3.8, 4) is 0 Å². The molecule has 11 nitrogen and oxygen atoms in total. The van der Waals surface area contributed by atoms with Crippen molar-refractivity contribution in [3.05, 3.63) is 102 Å². The second kappa shape index (κ2) is 16.7. The number of carbonyl (C=O) groups excluding carboxylic acids is 3. The molecule has 12 heteroatoms. The van der Waals surface area contributed by atoms with E-state index in [0.29, 0.717) is 30.8 Å². The molecule has 3 aliphatic heterocycles. The first kappa shape index (κ1) is 41.0. The van der Waals surface area contributed by atoms with E-state index >= 15 is 0 Å². The number of hydrogen-bond acceptors (Lipinski definition) is 7. The third-order valence-electron chi connectivity index (χ3n) is 13.1. The van der Waals surface area contributed by atoms with Gasteiger partial charge in [0, 0.05) is 43.6 Å². The minimum Gasteiger partial charge on any atom is -0.497 e. The minimum absolute atomic E-state index is 0.00290. The summed E-state index contributed by atoms with van der Waals surface area (Å²) in [5.41, 5.74) is 3.49. The van der Waals surface area contributed by atoms with Gasteiger partial charge in [0.2, 0.25) is 17.7 Å². The van der Waals surface area contributed by atoms with E-state index in [0.717, 1.165) is 86.1 Å². The van der Waals surface area contributed by atoms with E-state index in [4.69, 9.17) is 14.5 Å². The maximum atomic E-state index is 14.9. The number of fused-ring (bicyclic) bond motifs is 1. The molecule has 0 aromatic carbocycles. The van der Waals surface area contributed by atoms with Crippen LogP contribution in [0.5, 0.6) is 0 Å². The van der Waals surface area contributed by atoms with Crippen LogP contribution < -0.4 is 10.0 Å². The average molecular weight is 822 g/mol. The van der Waals surface area contributed by atoms with Crippen LogP contribution >= 0.6 is 0 Å². The van der Waals surface area contributed by atoms with Gasteiger partial charge in [0.1, 0.15) is 23.7 Å². The number of nitrogens with one attached hydrogen (secondary N) is 2. The zero-order valence-electron chi connectivity index (χ0n) is 34.6. The zero-order chi connectivity index (χ0) is 41.5. The highest BCUT2D eigenvalue weighted by Crippen LogP contribution is 2.53. The zero-order valence-corrected chi connectivity index (χ0v) is 35.4.